The minimum absolute atomic E-state index is 0.0166. The minimum Gasteiger partial charge on any atom is -0.467 e. The molecule has 1 aliphatic rings. The lowest BCUT2D eigenvalue weighted by atomic mass is 10.0. The molecule has 2 aromatic rings. The van der Waals surface area contributed by atoms with E-state index in [1.54, 1.807) is 43.2 Å². The van der Waals surface area contributed by atoms with Gasteiger partial charge in [-0.25, -0.2) is 9.18 Å². The van der Waals surface area contributed by atoms with E-state index in [1.165, 1.54) is 12.1 Å². The molecule has 0 aromatic heterocycles. The van der Waals surface area contributed by atoms with Crippen molar-refractivity contribution in [1.82, 2.24) is 4.90 Å². The van der Waals surface area contributed by atoms with Crippen molar-refractivity contribution in [3.8, 4) is 5.75 Å². The zero-order valence-corrected chi connectivity index (χ0v) is 21.1. The summed E-state index contributed by atoms with van der Waals surface area (Å²) in [5.41, 5.74) is 0.791. The second-order valence-corrected chi connectivity index (χ2v) is 8.49. The number of nitrogens with zero attached hydrogens (tertiary/aromatic N) is 1. The van der Waals surface area contributed by atoms with Gasteiger partial charge in [0.25, 0.3) is 5.91 Å². The van der Waals surface area contributed by atoms with E-state index >= 15 is 0 Å². The molecule has 1 saturated heterocycles. The molecule has 0 saturated carbocycles. The monoisotopic (exact) mass is 523 g/mol. The first kappa shape index (κ1) is 27.5. The standard InChI is InChI=1S/C25H31ClFN3O6/c1-3-35-25(32)30-10-8-18(9-11-30)28-22-6-5-19(15-21(22)27)29-24(31)20-14-17(26)4-7-23(20)36-16-34-13-12-33-2/h4-7,14-15,18,28H,3,8-13,16H2,1-2H3,(H,29,31). The van der Waals surface area contributed by atoms with Crippen LogP contribution in [-0.2, 0) is 14.2 Å². The predicted molar refractivity (Wildman–Crippen MR) is 134 cm³/mol. The van der Waals surface area contributed by atoms with Gasteiger partial charge in [0.05, 0.1) is 31.1 Å². The van der Waals surface area contributed by atoms with E-state index < -0.39 is 11.7 Å². The fourth-order valence-electron chi connectivity index (χ4n) is 3.66. The molecule has 0 spiro atoms. The van der Waals surface area contributed by atoms with E-state index in [2.05, 4.69) is 10.6 Å². The Morgan fingerprint density at radius 2 is 1.92 bits per heavy atom. The van der Waals surface area contributed by atoms with Crippen molar-refractivity contribution in [2.75, 3.05) is 57.4 Å². The number of hydrogen-bond acceptors (Lipinski definition) is 7. The van der Waals surface area contributed by atoms with E-state index in [4.69, 9.17) is 30.5 Å². The number of nitrogens with one attached hydrogen (secondary N) is 2. The highest BCUT2D eigenvalue weighted by Gasteiger charge is 2.24. The normalized spacial score (nSPS) is 13.8. The minimum atomic E-state index is -0.505. The molecule has 36 heavy (non-hydrogen) atoms. The Hall–Kier alpha value is -3.08. The number of halogens is 2. The second-order valence-electron chi connectivity index (χ2n) is 8.06. The molecular formula is C25H31ClFN3O6. The summed E-state index contributed by atoms with van der Waals surface area (Å²) in [5.74, 6) is -0.729. The quantitative estimate of drug-likeness (QED) is 0.323. The van der Waals surface area contributed by atoms with Crippen LogP contribution in [0.2, 0.25) is 5.02 Å². The summed E-state index contributed by atoms with van der Waals surface area (Å²) < 4.78 is 35.6. The van der Waals surface area contributed by atoms with Gasteiger partial charge in [0, 0.05) is 37.0 Å². The summed E-state index contributed by atoms with van der Waals surface area (Å²) in [5, 5.41) is 6.21. The predicted octanol–water partition coefficient (Wildman–Crippen LogP) is 4.76. The molecule has 3 rings (SSSR count). The topological polar surface area (TPSA) is 98.4 Å². The summed E-state index contributed by atoms with van der Waals surface area (Å²) >= 11 is 6.07. The highest BCUT2D eigenvalue weighted by atomic mass is 35.5. The van der Waals surface area contributed by atoms with Gasteiger partial charge in [-0.15, -0.1) is 0 Å². The summed E-state index contributed by atoms with van der Waals surface area (Å²) in [6.45, 7) is 3.86. The van der Waals surface area contributed by atoms with Crippen molar-refractivity contribution >= 4 is 35.0 Å². The van der Waals surface area contributed by atoms with Crippen molar-refractivity contribution in [3.63, 3.8) is 0 Å². The van der Waals surface area contributed by atoms with Crippen LogP contribution in [0.5, 0.6) is 5.75 Å². The van der Waals surface area contributed by atoms with Crippen LogP contribution < -0.4 is 15.4 Å². The molecule has 9 nitrogen and oxygen atoms in total. The number of carbonyl (C=O) groups is 2. The second kappa shape index (κ2) is 13.9. The molecule has 2 N–H and O–H groups in total. The Morgan fingerprint density at radius 3 is 2.61 bits per heavy atom. The van der Waals surface area contributed by atoms with Crippen LogP contribution in [0.1, 0.15) is 30.1 Å². The number of hydrogen-bond donors (Lipinski definition) is 2. The number of methoxy groups -OCH3 is 1. The van der Waals surface area contributed by atoms with E-state index in [0.29, 0.717) is 56.5 Å². The maximum atomic E-state index is 14.8. The molecule has 196 valence electrons. The number of piperidine rings is 1. The number of amides is 2. The molecule has 0 aliphatic carbocycles. The largest absolute Gasteiger partial charge is 0.467 e. The molecule has 0 unspecified atom stereocenters. The van der Waals surface area contributed by atoms with Crippen LogP contribution in [0.4, 0.5) is 20.6 Å². The van der Waals surface area contributed by atoms with Gasteiger partial charge in [-0.1, -0.05) is 11.6 Å². The molecule has 11 heteroatoms. The zero-order valence-electron chi connectivity index (χ0n) is 20.4. The SMILES string of the molecule is CCOC(=O)N1CCC(Nc2ccc(NC(=O)c3cc(Cl)ccc3OCOCCOC)cc2F)CC1. The van der Waals surface area contributed by atoms with Crippen molar-refractivity contribution in [1.29, 1.82) is 0 Å². The average Bonchev–Trinajstić information content (AvgIpc) is 2.87. The molecule has 2 aromatic carbocycles. The van der Waals surface area contributed by atoms with Crippen LogP contribution in [-0.4, -0.2) is 69.8 Å². The maximum Gasteiger partial charge on any atom is 0.409 e. The fourth-order valence-corrected chi connectivity index (χ4v) is 3.83. The van der Waals surface area contributed by atoms with Crippen molar-refractivity contribution in [2.24, 2.45) is 0 Å². The Kier molecular flexibility index (Phi) is 10.6. The molecule has 1 heterocycles. The summed E-state index contributed by atoms with van der Waals surface area (Å²) in [7, 11) is 1.56. The van der Waals surface area contributed by atoms with Crippen molar-refractivity contribution in [3.05, 3.63) is 52.8 Å². The van der Waals surface area contributed by atoms with E-state index in [0.717, 1.165) is 0 Å². The average molecular weight is 524 g/mol. The fraction of sp³-hybridized carbons (Fsp3) is 0.440. The Bertz CT molecular complexity index is 1030. The highest BCUT2D eigenvalue weighted by Crippen LogP contribution is 2.26. The first-order chi connectivity index (χ1) is 17.4. The molecular weight excluding hydrogens is 493 g/mol. The van der Waals surface area contributed by atoms with Gasteiger partial charge >= 0.3 is 6.09 Å². The highest BCUT2D eigenvalue weighted by molar-refractivity contribution is 6.31. The Balaban J connectivity index is 1.57. The Labute approximate surface area is 214 Å². The van der Waals surface area contributed by atoms with Crippen LogP contribution >= 0.6 is 11.6 Å². The van der Waals surface area contributed by atoms with Crippen LogP contribution in [0.25, 0.3) is 0 Å². The number of anilines is 2. The molecule has 0 atom stereocenters. The van der Waals surface area contributed by atoms with E-state index in [-0.39, 0.29) is 35.9 Å². The Morgan fingerprint density at radius 1 is 1.14 bits per heavy atom. The van der Waals surface area contributed by atoms with Crippen LogP contribution in [0.3, 0.4) is 0 Å². The van der Waals surface area contributed by atoms with E-state index in [9.17, 15) is 14.0 Å². The number of ether oxygens (including phenoxy) is 4. The third-order valence-electron chi connectivity index (χ3n) is 5.52. The molecule has 0 bridgehead atoms. The number of rotatable bonds is 11. The van der Waals surface area contributed by atoms with Gasteiger partial charge in [-0.05, 0) is 56.2 Å². The molecule has 2 amide bonds. The van der Waals surface area contributed by atoms with Gasteiger partial charge in [0.1, 0.15) is 11.6 Å². The number of carbonyl (C=O) groups excluding carboxylic acids is 2. The lowest BCUT2D eigenvalue weighted by molar-refractivity contribution is -0.00872. The molecule has 0 radical (unpaired) electrons. The zero-order chi connectivity index (χ0) is 25.9. The molecule has 1 fully saturated rings. The molecule has 1 aliphatic heterocycles. The third kappa shape index (κ3) is 7.97. The van der Waals surface area contributed by atoms with Gasteiger partial charge in [-0.3, -0.25) is 4.79 Å². The number of likely N-dealkylation sites (tertiary alicyclic amines) is 1. The maximum absolute atomic E-state index is 14.8. The van der Waals surface area contributed by atoms with E-state index in [1.807, 2.05) is 0 Å². The summed E-state index contributed by atoms with van der Waals surface area (Å²) in [6, 6.07) is 9.07. The first-order valence-electron chi connectivity index (χ1n) is 11.7. The van der Waals surface area contributed by atoms with Crippen molar-refractivity contribution in [2.45, 2.75) is 25.8 Å². The van der Waals surface area contributed by atoms with Crippen LogP contribution in [0.15, 0.2) is 36.4 Å². The summed E-state index contributed by atoms with van der Waals surface area (Å²) in [6.07, 6.45) is 1.02. The van der Waals surface area contributed by atoms with Gasteiger partial charge in [0.15, 0.2) is 6.79 Å². The third-order valence-corrected chi connectivity index (χ3v) is 5.76. The first-order valence-corrected chi connectivity index (χ1v) is 12.1. The lowest BCUT2D eigenvalue weighted by Gasteiger charge is -2.32. The van der Waals surface area contributed by atoms with Crippen molar-refractivity contribution < 1.29 is 32.9 Å². The van der Waals surface area contributed by atoms with Gasteiger partial charge in [0.2, 0.25) is 0 Å². The summed E-state index contributed by atoms with van der Waals surface area (Å²) in [4.78, 5) is 26.4. The smallest absolute Gasteiger partial charge is 0.409 e. The number of benzene rings is 2. The van der Waals surface area contributed by atoms with Gasteiger partial charge in [-0.2, -0.15) is 0 Å². The van der Waals surface area contributed by atoms with Crippen LogP contribution in [0, 0.1) is 5.82 Å². The lowest BCUT2D eigenvalue weighted by Crippen LogP contribution is -2.42. The van der Waals surface area contributed by atoms with Gasteiger partial charge < -0.3 is 34.5 Å².